The Morgan fingerprint density at radius 2 is 2.13 bits per heavy atom. The molecule has 0 saturated carbocycles. The van der Waals surface area contributed by atoms with Crippen LogP contribution in [0.15, 0.2) is 53.6 Å². The van der Waals surface area contributed by atoms with Crippen LogP contribution in [0.25, 0.3) is 5.65 Å². The molecule has 0 radical (unpaired) electrons. The fourth-order valence-corrected chi connectivity index (χ4v) is 4.30. The van der Waals surface area contributed by atoms with Gasteiger partial charge in [-0.3, -0.25) is 14.7 Å². The lowest BCUT2D eigenvalue weighted by Gasteiger charge is -2.27. The predicted octanol–water partition coefficient (Wildman–Crippen LogP) is 2.63. The summed E-state index contributed by atoms with van der Waals surface area (Å²) in [6, 6.07) is 12.0. The fourth-order valence-electron chi connectivity index (χ4n) is 4.30. The van der Waals surface area contributed by atoms with Gasteiger partial charge in [0.25, 0.3) is 5.56 Å². The number of hydrogen-bond acceptors (Lipinski definition) is 4. The summed E-state index contributed by atoms with van der Waals surface area (Å²) in [5.41, 5.74) is 3.79. The molecule has 1 aliphatic rings. The number of aromatic nitrogens is 5. The zero-order chi connectivity index (χ0) is 20.7. The van der Waals surface area contributed by atoms with Crippen molar-refractivity contribution < 1.29 is 4.79 Å². The van der Waals surface area contributed by atoms with E-state index in [4.69, 9.17) is 0 Å². The maximum atomic E-state index is 12.8. The quantitative estimate of drug-likeness (QED) is 0.548. The van der Waals surface area contributed by atoms with Crippen LogP contribution in [-0.2, 0) is 17.6 Å². The highest BCUT2D eigenvalue weighted by Crippen LogP contribution is 2.34. The first kappa shape index (κ1) is 18.4. The number of anilines is 1. The van der Waals surface area contributed by atoms with E-state index in [2.05, 4.69) is 38.7 Å². The third-order valence-corrected chi connectivity index (χ3v) is 5.75. The van der Waals surface area contributed by atoms with Crippen molar-refractivity contribution in [2.24, 2.45) is 0 Å². The Morgan fingerprint density at radius 1 is 1.27 bits per heavy atom. The molecule has 0 fully saturated rings. The lowest BCUT2D eigenvalue weighted by Crippen LogP contribution is -2.27. The number of amides is 1. The average molecular weight is 402 g/mol. The van der Waals surface area contributed by atoms with Gasteiger partial charge in [-0.1, -0.05) is 24.3 Å². The fraction of sp³-hybridized carbons (Fsp3) is 0.273. The summed E-state index contributed by atoms with van der Waals surface area (Å²) in [6.45, 7) is 1.75. The maximum absolute atomic E-state index is 12.8. The third kappa shape index (κ3) is 3.10. The molecule has 30 heavy (non-hydrogen) atoms. The molecule has 3 heterocycles. The molecule has 0 bridgehead atoms. The minimum atomic E-state index is -0.269. The van der Waals surface area contributed by atoms with E-state index >= 15 is 0 Å². The van der Waals surface area contributed by atoms with Crippen LogP contribution in [0.2, 0.25) is 0 Å². The second-order valence-corrected chi connectivity index (χ2v) is 7.63. The molecule has 8 nitrogen and oxygen atoms in total. The first-order valence-corrected chi connectivity index (χ1v) is 10.1. The first-order valence-electron chi connectivity index (χ1n) is 10.1. The number of carbonyl (C=O) groups excluding carboxylic acids is 1. The highest BCUT2D eigenvalue weighted by Gasteiger charge is 2.24. The van der Waals surface area contributed by atoms with Gasteiger partial charge < -0.3 is 5.32 Å². The summed E-state index contributed by atoms with van der Waals surface area (Å²) in [6.07, 6.45) is 6.40. The normalized spacial score (nSPS) is 15.8. The monoisotopic (exact) mass is 402 g/mol. The minimum absolute atomic E-state index is 0.0495. The molecule has 1 atom stereocenters. The van der Waals surface area contributed by atoms with Crippen molar-refractivity contribution in [3.8, 4) is 0 Å². The Balaban J connectivity index is 1.41. The molecule has 1 aromatic carbocycles. The standard InChI is InChI=1S/C22H22N6O2/c1-14-17(22(30)28-19(25-14)9-12-24-28)13-21(29)26-20-10-11-23-27(20)18-8-4-6-15-5-2-3-7-16(15)18/h2-3,5,7,9-12,18,24H,4,6,8,13H2,1H3,(H,26,29). The van der Waals surface area contributed by atoms with E-state index in [1.807, 2.05) is 10.7 Å². The van der Waals surface area contributed by atoms with Crippen LogP contribution >= 0.6 is 0 Å². The number of nitrogens with one attached hydrogen (secondary N) is 2. The van der Waals surface area contributed by atoms with Crippen molar-refractivity contribution >= 4 is 17.4 Å². The van der Waals surface area contributed by atoms with Gasteiger partial charge in [0, 0.05) is 29.6 Å². The lowest BCUT2D eigenvalue weighted by molar-refractivity contribution is -0.115. The molecular formula is C22H22N6O2. The van der Waals surface area contributed by atoms with Crippen molar-refractivity contribution in [1.82, 2.24) is 24.4 Å². The number of nitrogens with zero attached hydrogens (tertiary/aromatic N) is 4. The zero-order valence-electron chi connectivity index (χ0n) is 16.6. The molecule has 3 aromatic heterocycles. The number of H-pyrrole nitrogens is 1. The number of rotatable bonds is 4. The van der Waals surface area contributed by atoms with E-state index < -0.39 is 0 Å². The maximum Gasteiger partial charge on any atom is 0.276 e. The van der Waals surface area contributed by atoms with E-state index in [1.165, 1.54) is 15.6 Å². The molecule has 1 unspecified atom stereocenters. The predicted molar refractivity (Wildman–Crippen MR) is 113 cm³/mol. The number of fused-ring (bicyclic) bond motifs is 2. The van der Waals surface area contributed by atoms with E-state index in [0.717, 1.165) is 19.3 Å². The Hall–Kier alpha value is -3.68. The Bertz CT molecular complexity index is 1300. The summed E-state index contributed by atoms with van der Waals surface area (Å²) < 4.78 is 3.22. The average Bonchev–Trinajstić information content (AvgIpc) is 3.40. The van der Waals surface area contributed by atoms with Gasteiger partial charge in [0.2, 0.25) is 5.91 Å². The smallest absolute Gasteiger partial charge is 0.276 e. The van der Waals surface area contributed by atoms with Crippen LogP contribution in [0, 0.1) is 6.92 Å². The molecule has 0 spiro atoms. The van der Waals surface area contributed by atoms with E-state index in [0.29, 0.717) is 22.7 Å². The van der Waals surface area contributed by atoms with Gasteiger partial charge in [-0.25, -0.2) is 14.2 Å². The highest BCUT2D eigenvalue weighted by molar-refractivity contribution is 5.91. The molecule has 2 N–H and O–H groups in total. The minimum Gasteiger partial charge on any atom is -0.311 e. The molecular weight excluding hydrogens is 380 g/mol. The summed E-state index contributed by atoms with van der Waals surface area (Å²) in [4.78, 5) is 29.9. The molecule has 1 amide bonds. The molecule has 0 aliphatic heterocycles. The van der Waals surface area contributed by atoms with Crippen LogP contribution in [0.1, 0.15) is 41.3 Å². The second kappa shape index (κ2) is 7.29. The van der Waals surface area contributed by atoms with Gasteiger partial charge in [0.1, 0.15) is 5.82 Å². The summed E-state index contributed by atoms with van der Waals surface area (Å²) >= 11 is 0. The Kier molecular flexibility index (Phi) is 4.46. The highest BCUT2D eigenvalue weighted by atomic mass is 16.2. The molecule has 152 valence electrons. The van der Waals surface area contributed by atoms with Crippen molar-refractivity contribution in [2.45, 2.75) is 38.6 Å². The van der Waals surface area contributed by atoms with Crippen LogP contribution in [-0.4, -0.2) is 30.3 Å². The van der Waals surface area contributed by atoms with Crippen LogP contribution in [0.4, 0.5) is 5.82 Å². The molecule has 8 heteroatoms. The number of benzene rings is 1. The molecule has 1 aliphatic carbocycles. The van der Waals surface area contributed by atoms with Gasteiger partial charge in [-0.15, -0.1) is 0 Å². The topological polar surface area (TPSA) is 97.1 Å². The van der Waals surface area contributed by atoms with Crippen molar-refractivity contribution in [1.29, 1.82) is 0 Å². The van der Waals surface area contributed by atoms with Crippen molar-refractivity contribution in [2.75, 3.05) is 5.32 Å². The van der Waals surface area contributed by atoms with Gasteiger partial charge in [0.15, 0.2) is 5.65 Å². The molecule has 4 aromatic rings. The van der Waals surface area contributed by atoms with Crippen LogP contribution in [0.3, 0.4) is 0 Å². The summed E-state index contributed by atoms with van der Waals surface area (Å²) in [5.74, 6) is 0.364. The van der Waals surface area contributed by atoms with Gasteiger partial charge >= 0.3 is 0 Å². The number of carbonyl (C=O) groups is 1. The summed E-state index contributed by atoms with van der Waals surface area (Å²) in [5, 5.41) is 10.3. The number of aromatic amines is 1. The van der Waals surface area contributed by atoms with Gasteiger partial charge in [-0.2, -0.15) is 5.10 Å². The molecule has 0 saturated heterocycles. The summed E-state index contributed by atoms with van der Waals surface area (Å²) in [7, 11) is 0. The Labute approximate surface area is 172 Å². The van der Waals surface area contributed by atoms with Gasteiger partial charge in [0.05, 0.1) is 18.7 Å². The lowest BCUT2D eigenvalue weighted by atomic mass is 9.88. The van der Waals surface area contributed by atoms with Crippen molar-refractivity contribution in [3.63, 3.8) is 0 Å². The molecule has 5 rings (SSSR count). The van der Waals surface area contributed by atoms with Crippen LogP contribution < -0.4 is 10.9 Å². The third-order valence-electron chi connectivity index (χ3n) is 5.75. The Morgan fingerprint density at radius 3 is 3.03 bits per heavy atom. The largest absolute Gasteiger partial charge is 0.311 e. The van der Waals surface area contributed by atoms with E-state index in [-0.39, 0.29) is 23.9 Å². The van der Waals surface area contributed by atoms with Gasteiger partial charge in [-0.05, 0) is 37.3 Å². The van der Waals surface area contributed by atoms with Crippen LogP contribution in [0.5, 0.6) is 0 Å². The van der Waals surface area contributed by atoms with E-state index in [9.17, 15) is 9.59 Å². The van der Waals surface area contributed by atoms with Crippen molar-refractivity contribution in [3.05, 3.63) is 81.5 Å². The zero-order valence-corrected chi connectivity index (χ0v) is 16.6. The van der Waals surface area contributed by atoms with E-state index in [1.54, 1.807) is 31.5 Å². The number of aryl methyl sites for hydroxylation is 2. The number of hydrogen-bond donors (Lipinski definition) is 2. The second-order valence-electron chi connectivity index (χ2n) is 7.63. The SMILES string of the molecule is Cc1nc2cc[nH]n2c(=O)c1CC(=O)Nc1ccnn1C1CCCc2ccccc21. The first-order chi connectivity index (χ1) is 14.6.